The number of rotatable bonds is 7. The number of pyridine rings is 1. The van der Waals surface area contributed by atoms with Crippen LogP contribution in [0.25, 0.3) is 0 Å². The maximum atomic E-state index is 13.6. The second-order valence-corrected chi connectivity index (χ2v) is 5.84. The highest BCUT2D eigenvalue weighted by atomic mass is 19.1. The molecule has 1 aromatic heterocycles. The van der Waals surface area contributed by atoms with Crippen LogP contribution in [-0.2, 0) is 24.4 Å². The number of nitrogens with one attached hydrogen (secondary N) is 1. The summed E-state index contributed by atoms with van der Waals surface area (Å²) in [5.41, 5.74) is 2.33. The SMILES string of the molecule is O=C(Cc1ccccc1F)NCc1ccc(OCc2cccnc2)cc1. The van der Waals surface area contributed by atoms with Crippen LogP contribution in [0.4, 0.5) is 4.39 Å². The summed E-state index contributed by atoms with van der Waals surface area (Å²) in [5, 5.41) is 2.80. The predicted molar refractivity (Wildman–Crippen MR) is 97.0 cm³/mol. The molecule has 0 aliphatic carbocycles. The Balaban J connectivity index is 1.46. The Morgan fingerprint density at radius 1 is 1.00 bits per heavy atom. The number of hydrogen-bond acceptors (Lipinski definition) is 3. The number of ether oxygens (including phenoxy) is 1. The first kappa shape index (κ1) is 17.6. The zero-order chi connectivity index (χ0) is 18.2. The van der Waals surface area contributed by atoms with E-state index in [9.17, 15) is 9.18 Å². The predicted octanol–water partition coefficient (Wildman–Crippen LogP) is 3.66. The lowest BCUT2D eigenvalue weighted by atomic mass is 10.1. The molecule has 0 saturated heterocycles. The Morgan fingerprint density at radius 3 is 2.54 bits per heavy atom. The van der Waals surface area contributed by atoms with Gasteiger partial charge in [-0.25, -0.2) is 4.39 Å². The number of benzene rings is 2. The van der Waals surface area contributed by atoms with Crippen molar-refractivity contribution in [2.45, 2.75) is 19.6 Å². The molecule has 3 aromatic rings. The summed E-state index contributed by atoms with van der Waals surface area (Å²) in [4.78, 5) is 16.0. The molecule has 2 aromatic carbocycles. The first-order chi connectivity index (χ1) is 12.7. The summed E-state index contributed by atoms with van der Waals surface area (Å²) in [6, 6.07) is 17.6. The highest BCUT2D eigenvalue weighted by molar-refractivity contribution is 5.78. The van der Waals surface area contributed by atoms with Gasteiger partial charge in [0.2, 0.25) is 5.91 Å². The molecule has 26 heavy (non-hydrogen) atoms. The molecule has 0 unspecified atom stereocenters. The van der Waals surface area contributed by atoms with Crippen molar-refractivity contribution < 1.29 is 13.9 Å². The largest absolute Gasteiger partial charge is 0.489 e. The van der Waals surface area contributed by atoms with Crippen LogP contribution in [0, 0.1) is 5.82 Å². The number of aromatic nitrogens is 1. The van der Waals surface area contributed by atoms with Gasteiger partial charge in [0.05, 0.1) is 6.42 Å². The fourth-order valence-electron chi connectivity index (χ4n) is 2.43. The van der Waals surface area contributed by atoms with Crippen molar-refractivity contribution in [3.05, 3.63) is 95.6 Å². The summed E-state index contributed by atoms with van der Waals surface area (Å²) in [6.45, 7) is 0.836. The molecule has 132 valence electrons. The average molecular weight is 350 g/mol. The van der Waals surface area contributed by atoms with Crippen LogP contribution in [0.1, 0.15) is 16.7 Å². The minimum Gasteiger partial charge on any atom is -0.489 e. The Morgan fingerprint density at radius 2 is 1.81 bits per heavy atom. The third kappa shape index (κ3) is 5.14. The topological polar surface area (TPSA) is 51.2 Å². The monoisotopic (exact) mass is 350 g/mol. The molecule has 1 amide bonds. The van der Waals surface area contributed by atoms with E-state index in [0.29, 0.717) is 18.7 Å². The lowest BCUT2D eigenvalue weighted by Gasteiger charge is -2.08. The van der Waals surface area contributed by atoms with Gasteiger partial charge in [-0.3, -0.25) is 9.78 Å². The van der Waals surface area contributed by atoms with E-state index in [0.717, 1.165) is 16.9 Å². The highest BCUT2D eigenvalue weighted by Crippen LogP contribution is 2.14. The quantitative estimate of drug-likeness (QED) is 0.707. The Bertz CT molecular complexity index is 851. The van der Waals surface area contributed by atoms with Crippen LogP contribution in [0.2, 0.25) is 0 Å². The minimum absolute atomic E-state index is 0.0268. The molecule has 0 saturated carbocycles. The van der Waals surface area contributed by atoms with Gasteiger partial charge in [0.1, 0.15) is 18.2 Å². The maximum absolute atomic E-state index is 13.6. The molecular formula is C21H19FN2O2. The second kappa shape index (κ2) is 8.76. The second-order valence-electron chi connectivity index (χ2n) is 5.84. The van der Waals surface area contributed by atoms with Crippen LogP contribution in [-0.4, -0.2) is 10.9 Å². The van der Waals surface area contributed by atoms with E-state index in [2.05, 4.69) is 10.3 Å². The fourth-order valence-corrected chi connectivity index (χ4v) is 2.43. The van der Waals surface area contributed by atoms with E-state index in [1.165, 1.54) is 6.07 Å². The standard InChI is InChI=1S/C21H19FN2O2/c22-20-6-2-1-5-18(20)12-21(25)24-14-16-7-9-19(10-8-16)26-15-17-4-3-11-23-13-17/h1-11,13H,12,14-15H2,(H,24,25). The zero-order valence-electron chi connectivity index (χ0n) is 14.2. The van der Waals surface area contributed by atoms with Crippen molar-refractivity contribution in [3.8, 4) is 5.75 Å². The normalized spacial score (nSPS) is 10.3. The molecule has 3 rings (SSSR count). The molecule has 1 heterocycles. The zero-order valence-corrected chi connectivity index (χ0v) is 14.2. The first-order valence-electron chi connectivity index (χ1n) is 8.31. The van der Waals surface area contributed by atoms with E-state index in [-0.39, 0.29) is 18.1 Å². The molecule has 0 aliphatic rings. The molecule has 5 heteroatoms. The molecule has 4 nitrogen and oxygen atoms in total. The van der Waals surface area contributed by atoms with Crippen LogP contribution >= 0.6 is 0 Å². The van der Waals surface area contributed by atoms with Crippen molar-refractivity contribution in [1.29, 1.82) is 0 Å². The third-order valence-corrected chi connectivity index (χ3v) is 3.85. The lowest BCUT2D eigenvalue weighted by Crippen LogP contribution is -2.24. The molecule has 0 radical (unpaired) electrons. The highest BCUT2D eigenvalue weighted by Gasteiger charge is 2.07. The van der Waals surface area contributed by atoms with Crippen LogP contribution in [0.5, 0.6) is 5.75 Å². The summed E-state index contributed by atoms with van der Waals surface area (Å²) in [5.74, 6) is 0.167. The summed E-state index contributed by atoms with van der Waals surface area (Å²) >= 11 is 0. The van der Waals surface area contributed by atoms with Crippen molar-refractivity contribution in [1.82, 2.24) is 10.3 Å². The van der Waals surface area contributed by atoms with E-state index < -0.39 is 0 Å². The van der Waals surface area contributed by atoms with Gasteiger partial charge >= 0.3 is 0 Å². The first-order valence-corrected chi connectivity index (χ1v) is 8.31. The van der Waals surface area contributed by atoms with Gasteiger partial charge in [0, 0.05) is 24.5 Å². The van der Waals surface area contributed by atoms with Crippen molar-refractivity contribution >= 4 is 5.91 Å². The summed E-state index contributed by atoms with van der Waals surface area (Å²) < 4.78 is 19.3. The van der Waals surface area contributed by atoms with Crippen molar-refractivity contribution in [2.75, 3.05) is 0 Å². The molecule has 0 spiro atoms. The van der Waals surface area contributed by atoms with Crippen LogP contribution in [0.3, 0.4) is 0 Å². The summed E-state index contributed by atoms with van der Waals surface area (Å²) in [6.07, 6.45) is 3.51. The average Bonchev–Trinajstić information content (AvgIpc) is 2.68. The van der Waals surface area contributed by atoms with Gasteiger partial charge in [0.15, 0.2) is 0 Å². The van der Waals surface area contributed by atoms with Gasteiger partial charge in [-0.05, 0) is 35.4 Å². The lowest BCUT2D eigenvalue weighted by molar-refractivity contribution is -0.120. The van der Waals surface area contributed by atoms with E-state index in [4.69, 9.17) is 4.74 Å². The van der Waals surface area contributed by atoms with Crippen molar-refractivity contribution in [2.24, 2.45) is 0 Å². The number of carbonyl (C=O) groups excluding carboxylic acids is 1. The van der Waals surface area contributed by atoms with Crippen LogP contribution < -0.4 is 10.1 Å². The molecular weight excluding hydrogens is 331 g/mol. The van der Waals surface area contributed by atoms with Crippen LogP contribution in [0.15, 0.2) is 73.1 Å². The number of nitrogens with zero attached hydrogens (tertiary/aromatic N) is 1. The number of halogens is 1. The minimum atomic E-state index is -0.363. The Hall–Kier alpha value is -3.21. The van der Waals surface area contributed by atoms with Crippen molar-refractivity contribution in [3.63, 3.8) is 0 Å². The van der Waals surface area contributed by atoms with Gasteiger partial charge in [-0.2, -0.15) is 0 Å². The molecule has 1 N–H and O–H groups in total. The number of amides is 1. The fraction of sp³-hybridized carbons (Fsp3) is 0.143. The van der Waals surface area contributed by atoms with E-state index in [1.54, 1.807) is 30.6 Å². The van der Waals surface area contributed by atoms with Gasteiger partial charge < -0.3 is 10.1 Å². The Labute approximate surface area is 151 Å². The third-order valence-electron chi connectivity index (χ3n) is 3.85. The molecule has 0 bridgehead atoms. The smallest absolute Gasteiger partial charge is 0.224 e. The molecule has 0 fully saturated rings. The summed E-state index contributed by atoms with van der Waals surface area (Å²) in [7, 11) is 0. The van der Waals surface area contributed by atoms with E-state index >= 15 is 0 Å². The van der Waals surface area contributed by atoms with Gasteiger partial charge in [-0.15, -0.1) is 0 Å². The molecule has 0 aliphatic heterocycles. The number of carbonyl (C=O) groups is 1. The number of hydrogen-bond donors (Lipinski definition) is 1. The molecule has 0 atom stereocenters. The van der Waals surface area contributed by atoms with E-state index in [1.807, 2.05) is 36.4 Å². The maximum Gasteiger partial charge on any atom is 0.224 e. The Kier molecular flexibility index (Phi) is 5.93. The van der Waals surface area contributed by atoms with Gasteiger partial charge in [0.25, 0.3) is 0 Å². The van der Waals surface area contributed by atoms with Gasteiger partial charge in [-0.1, -0.05) is 36.4 Å².